The monoisotopic (exact) mass is 349 g/mol. The number of benzene rings is 2. The molecule has 1 amide bonds. The summed E-state index contributed by atoms with van der Waals surface area (Å²) in [6.07, 6.45) is 1.86. The van der Waals surface area contributed by atoms with Gasteiger partial charge in [0.1, 0.15) is 0 Å². The van der Waals surface area contributed by atoms with Crippen LogP contribution in [0.15, 0.2) is 48.5 Å². The lowest BCUT2D eigenvalue weighted by molar-refractivity contribution is -0.118. The van der Waals surface area contributed by atoms with Crippen LogP contribution < -0.4 is 10.2 Å². The lowest BCUT2D eigenvalue weighted by Crippen LogP contribution is -2.44. The first-order chi connectivity index (χ1) is 12.6. The Morgan fingerprint density at radius 2 is 1.69 bits per heavy atom. The number of carbonyl (C=O) groups is 1. The quantitative estimate of drug-likeness (QED) is 0.919. The van der Waals surface area contributed by atoms with Gasteiger partial charge in [-0.15, -0.1) is 0 Å². The van der Waals surface area contributed by atoms with Crippen LogP contribution in [0.4, 0.5) is 11.4 Å². The van der Waals surface area contributed by atoms with Crippen LogP contribution in [0.1, 0.15) is 24.0 Å². The van der Waals surface area contributed by atoms with Crippen LogP contribution in [0.25, 0.3) is 0 Å². The van der Waals surface area contributed by atoms with Gasteiger partial charge in [-0.1, -0.05) is 36.4 Å². The second-order valence-electron chi connectivity index (χ2n) is 7.71. The van der Waals surface area contributed by atoms with E-state index in [1.54, 1.807) is 0 Å². The van der Waals surface area contributed by atoms with E-state index in [1.807, 2.05) is 18.2 Å². The summed E-state index contributed by atoms with van der Waals surface area (Å²) in [4.78, 5) is 17.9. The molecule has 0 aromatic heterocycles. The molecule has 2 fully saturated rings. The van der Waals surface area contributed by atoms with Gasteiger partial charge in [-0.05, 0) is 50.1 Å². The molecule has 4 rings (SSSR count). The fraction of sp³-hybridized carbons (Fsp3) is 0.409. The van der Waals surface area contributed by atoms with E-state index in [0.717, 1.165) is 56.0 Å². The molecular formula is C22H27N3O. The maximum Gasteiger partial charge on any atom is 0.235 e. The Bertz CT molecular complexity index is 790. The largest absolute Gasteiger partial charge is 0.367 e. The van der Waals surface area contributed by atoms with Crippen molar-refractivity contribution in [2.45, 2.75) is 25.2 Å². The molecule has 1 aliphatic carbocycles. The Morgan fingerprint density at radius 3 is 2.35 bits per heavy atom. The molecule has 1 saturated carbocycles. The van der Waals surface area contributed by atoms with Crippen molar-refractivity contribution in [1.82, 2.24) is 4.90 Å². The number of rotatable bonds is 4. The van der Waals surface area contributed by atoms with Gasteiger partial charge in [-0.2, -0.15) is 0 Å². The Hall–Kier alpha value is -2.33. The predicted molar refractivity (Wildman–Crippen MR) is 107 cm³/mol. The van der Waals surface area contributed by atoms with Crippen molar-refractivity contribution >= 4 is 17.3 Å². The molecule has 1 heterocycles. The summed E-state index contributed by atoms with van der Waals surface area (Å²) in [6.45, 7) is 6.16. The topological polar surface area (TPSA) is 35.6 Å². The van der Waals surface area contributed by atoms with Gasteiger partial charge >= 0.3 is 0 Å². The molecule has 4 heteroatoms. The molecule has 0 bridgehead atoms. The first-order valence-electron chi connectivity index (χ1n) is 9.50. The van der Waals surface area contributed by atoms with Gasteiger partial charge in [0, 0.05) is 26.2 Å². The number of carbonyl (C=O) groups excluding carboxylic acids is 1. The smallest absolute Gasteiger partial charge is 0.235 e. The molecule has 1 saturated heterocycles. The van der Waals surface area contributed by atoms with Crippen LogP contribution >= 0.6 is 0 Å². The van der Waals surface area contributed by atoms with Crippen LogP contribution in [0.2, 0.25) is 0 Å². The van der Waals surface area contributed by atoms with Crippen LogP contribution in [0.3, 0.4) is 0 Å². The number of aryl methyl sites for hydroxylation is 1. The van der Waals surface area contributed by atoms with Gasteiger partial charge in [-0.25, -0.2) is 0 Å². The Kier molecular flexibility index (Phi) is 4.45. The highest BCUT2D eigenvalue weighted by Crippen LogP contribution is 2.49. The van der Waals surface area contributed by atoms with E-state index in [4.69, 9.17) is 0 Å². The molecule has 4 nitrogen and oxygen atoms in total. The maximum absolute atomic E-state index is 13.2. The van der Waals surface area contributed by atoms with Crippen molar-refractivity contribution in [1.29, 1.82) is 0 Å². The molecule has 0 atom stereocenters. The number of nitrogens with zero attached hydrogens (tertiary/aromatic N) is 2. The summed E-state index contributed by atoms with van der Waals surface area (Å²) >= 11 is 0. The van der Waals surface area contributed by atoms with Gasteiger partial charge in [0.25, 0.3) is 0 Å². The molecule has 1 aliphatic heterocycles. The van der Waals surface area contributed by atoms with E-state index >= 15 is 0 Å². The Morgan fingerprint density at radius 1 is 1.00 bits per heavy atom. The summed E-state index contributed by atoms with van der Waals surface area (Å²) in [7, 11) is 2.16. The van der Waals surface area contributed by atoms with Crippen molar-refractivity contribution < 1.29 is 4.79 Å². The average molecular weight is 349 g/mol. The molecule has 2 aliphatic rings. The first kappa shape index (κ1) is 17.1. The van der Waals surface area contributed by atoms with Crippen LogP contribution in [-0.2, 0) is 10.2 Å². The SMILES string of the molecule is Cc1ccc(N2CCN(C)CC2)c(NC(=O)C2(c3ccccc3)CC2)c1. The number of likely N-dealkylation sites (N-methyl/N-ethyl adjacent to an activating group) is 1. The summed E-state index contributed by atoms with van der Waals surface area (Å²) in [5.74, 6) is 0.129. The fourth-order valence-electron chi connectivity index (χ4n) is 3.84. The van der Waals surface area contributed by atoms with E-state index in [-0.39, 0.29) is 11.3 Å². The standard InChI is InChI=1S/C22H27N3O/c1-17-8-9-20(25-14-12-24(2)13-15-25)19(16-17)23-21(26)22(10-11-22)18-6-4-3-5-7-18/h3-9,16H,10-15H2,1-2H3,(H,23,26). The second kappa shape index (κ2) is 6.76. The van der Waals surface area contributed by atoms with Crippen molar-refractivity contribution in [3.05, 3.63) is 59.7 Å². The Balaban J connectivity index is 1.58. The van der Waals surface area contributed by atoms with Crippen LogP contribution in [0.5, 0.6) is 0 Å². The van der Waals surface area contributed by atoms with Gasteiger partial charge in [0.05, 0.1) is 16.8 Å². The normalized spacial score (nSPS) is 19.2. The summed E-state index contributed by atoms with van der Waals surface area (Å²) in [5.41, 5.74) is 4.04. The van der Waals surface area contributed by atoms with Crippen molar-refractivity contribution in [3.63, 3.8) is 0 Å². The highest BCUT2D eigenvalue weighted by molar-refractivity contribution is 6.03. The molecule has 26 heavy (non-hydrogen) atoms. The molecular weight excluding hydrogens is 322 g/mol. The number of hydrogen-bond donors (Lipinski definition) is 1. The van der Waals surface area contributed by atoms with Gasteiger partial charge in [0.2, 0.25) is 5.91 Å². The number of amides is 1. The highest BCUT2D eigenvalue weighted by Gasteiger charge is 2.51. The number of hydrogen-bond acceptors (Lipinski definition) is 3. The number of piperazine rings is 1. The summed E-state index contributed by atoms with van der Waals surface area (Å²) in [5, 5.41) is 3.27. The van der Waals surface area contributed by atoms with E-state index in [1.165, 1.54) is 5.56 Å². The van der Waals surface area contributed by atoms with E-state index in [0.29, 0.717) is 0 Å². The third kappa shape index (κ3) is 3.21. The third-order valence-electron chi connectivity index (χ3n) is 5.76. The zero-order valence-corrected chi connectivity index (χ0v) is 15.7. The van der Waals surface area contributed by atoms with Crippen LogP contribution in [-0.4, -0.2) is 44.0 Å². The molecule has 0 radical (unpaired) electrons. The molecule has 0 unspecified atom stereocenters. The van der Waals surface area contributed by atoms with Gasteiger partial charge in [0.15, 0.2) is 0 Å². The number of nitrogens with one attached hydrogen (secondary N) is 1. The van der Waals surface area contributed by atoms with Crippen LogP contribution in [0, 0.1) is 6.92 Å². The Labute approximate surface area is 155 Å². The van der Waals surface area contributed by atoms with Crippen molar-refractivity contribution in [2.75, 3.05) is 43.4 Å². The van der Waals surface area contributed by atoms with E-state index < -0.39 is 0 Å². The van der Waals surface area contributed by atoms with Gasteiger partial charge < -0.3 is 15.1 Å². The zero-order valence-electron chi connectivity index (χ0n) is 15.7. The molecule has 136 valence electrons. The number of anilines is 2. The van der Waals surface area contributed by atoms with Crippen molar-refractivity contribution in [3.8, 4) is 0 Å². The molecule has 1 N–H and O–H groups in total. The minimum absolute atomic E-state index is 0.129. The minimum Gasteiger partial charge on any atom is -0.367 e. The second-order valence-corrected chi connectivity index (χ2v) is 7.71. The predicted octanol–water partition coefficient (Wildman–Crippen LogP) is 3.42. The van der Waals surface area contributed by atoms with E-state index in [2.05, 4.69) is 59.4 Å². The summed E-state index contributed by atoms with van der Waals surface area (Å²) in [6, 6.07) is 16.6. The highest BCUT2D eigenvalue weighted by atomic mass is 16.2. The molecule has 2 aromatic carbocycles. The zero-order chi connectivity index (χ0) is 18.1. The van der Waals surface area contributed by atoms with Crippen molar-refractivity contribution in [2.24, 2.45) is 0 Å². The minimum atomic E-state index is -0.343. The molecule has 0 spiro atoms. The lowest BCUT2D eigenvalue weighted by atomic mass is 9.95. The summed E-state index contributed by atoms with van der Waals surface area (Å²) < 4.78 is 0. The first-order valence-corrected chi connectivity index (χ1v) is 9.50. The average Bonchev–Trinajstić information content (AvgIpc) is 3.46. The van der Waals surface area contributed by atoms with E-state index in [9.17, 15) is 4.79 Å². The fourth-order valence-corrected chi connectivity index (χ4v) is 3.84. The third-order valence-corrected chi connectivity index (χ3v) is 5.76. The maximum atomic E-state index is 13.2. The molecule has 2 aromatic rings. The van der Waals surface area contributed by atoms with Gasteiger partial charge in [-0.3, -0.25) is 4.79 Å². The lowest BCUT2D eigenvalue weighted by Gasteiger charge is -2.35.